The van der Waals surface area contributed by atoms with Crippen LogP contribution in [0, 0.1) is 6.92 Å². The van der Waals surface area contributed by atoms with Crippen molar-refractivity contribution in [2.24, 2.45) is 0 Å². The van der Waals surface area contributed by atoms with Crippen molar-refractivity contribution in [3.05, 3.63) is 11.8 Å². The van der Waals surface area contributed by atoms with Crippen molar-refractivity contribution in [1.29, 1.82) is 0 Å². The number of aryl methyl sites for hydroxylation is 1. The summed E-state index contributed by atoms with van der Waals surface area (Å²) in [6.07, 6.45) is 7.36. The summed E-state index contributed by atoms with van der Waals surface area (Å²) in [5.74, 6) is 1.48. The summed E-state index contributed by atoms with van der Waals surface area (Å²) in [4.78, 5) is 0. The van der Waals surface area contributed by atoms with E-state index in [1.807, 2.05) is 6.92 Å². The molecule has 0 amide bonds. The maximum atomic E-state index is 5.57. The Morgan fingerprint density at radius 3 is 2.38 bits per heavy atom. The Morgan fingerprint density at radius 2 is 1.88 bits per heavy atom. The van der Waals surface area contributed by atoms with Crippen LogP contribution < -0.4 is 0 Å². The van der Waals surface area contributed by atoms with E-state index in [9.17, 15) is 0 Å². The number of hydrogen-bond acceptors (Lipinski definition) is 3. The lowest BCUT2D eigenvalue weighted by molar-refractivity contribution is 0.300. The van der Waals surface area contributed by atoms with Crippen LogP contribution in [0.15, 0.2) is 4.42 Å². The van der Waals surface area contributed by atoms with Crippen LogP contribution in [0.5, 0.6) is 0 Å². The molecule has 92 valence electrons. The van der Waals surface area contributed by atoms with E-state index in [0.29, 0.717) is 5.89 Å². The smallest absolute Gasteiger partial charge is 0.222 e. The topological polar surface area (TPSA) is 38.9 Å². The molecule has 0 saturated carbocycles. The Morgan fingerprint density at radius 1 is 1.12 bits per heavy atom. The Kier molecular flexibility index (Phi) is 4.97. The zero-order valence-corrected chi connectivity index (χ0v) is 11.0. The summed E-state index contributed by atoms with van der Waals surface area (Å²) in [7, 11) is 0. The van der Waals surface area contributed by atoms with E-state index in [2.05, 4.69) is 31.0 Å². The fourth-order valence-electron chi connectivity index (χ4n) is 1.92. The first-order valence-corrected chi connectivity index (χ1v) is 6.43. The van der Waals surface area contributed by atoms with Crippen LogP contribution in [0.3, 0.4) is 0 Å². The highest BCUT2D eigenvalue weighted by molar-refractivity contribution is 5.00. The van der Waals surface area contributed by atoms with Crippen molar-refractivity contribution in [2.75, 3.05) is 0 Å². The van der Waals surface area contributed by atoms with Crippen LogP contribution in [0.2, 0.25) is 0 Å². The Labute approximate surface area is 98.6 Å². The zero-order valence-electron chi connectivity index (χ0n) is 11.0. The van der Waals surface area contributed by atoms with Crippen LogP contribution >= 0.6 is 0 Å². The molecule has 0 aliphatic rings. The van der Waals surface area contributed by atoms with Gasteiger partial charge in [-0.2, -0.15) is 0 Å². The van der Waals surface area contributed by atoms with Gasteiger partial charge in [-0.3, -0.25) is 0 Å². The second-order valence-electron chi connectivity index (χ2n) is 4.85. The first-order valence-electron chi connectivity index (χ1n) is 6.43. The molecule has 1 rings (SSSR count). The highest BCUT2D eigenvalue weighted by Gasteiger charge is 2.29. The van der Waals surface area contributed by atoms with Crippen molar-refractivity contribution in [1.82, 2.24) is 10.2 Å². The van der Waals surface area contributed by atoms with Crippen molar-refractivity contribution in [2.45, 2.75) is 71.6 Å². The molecular formula is C13H24N2O. The molecule has 1 aromatic rings. The minimum Gasteiger partial charge on any atom is -0.425 e. The Bertz CT molecular complexity index is 309. The first kappa shape index (κ1) is 13.2. The molecule has 1 heterocycles. The quantitative estimate of drug-likeness (QED) is 0.657. The zero-order chi connectivity index (χ0) is 12.0. The summed E-state index contributed by atoms with van der Waals surface area (Å²) >= 11 is 0. The van der Waals surface area contributed by atoms with Gasteiger partial charge in [0.1, 0.15) is 0 Å². The lowest BCUT2D eigenvalue weighted by Crippen LogP contribution is -2.21. The molecule has 1 unspecified atom stereocenters. The minimum absolute atomic E-state index is 0.0645. The van der Waals surface area contributed by atoms with Gasteiger partial charge in [-0.25, -0.2) is 0 Å². The predicted octanol–water partition coefficient (Wildman–Crippen LogP) is 4.02. The van der Waals surface area contributed by atoms with Crippen molar-refractivity contribution in [3.8, 4) is 0 Å². The van der Waals surface area contributed by atoms with E-state index < -0.39 is 0 Å². The molecule has 0 aliphatic heterocycles. The highest BCUT2D eigenvalue weighted by atomic mass is 16.4. The standard InChI is InChI=1S/C13H24N2O/c1-5-7-8-9-10-13(4,6-2)12-15-14-11(3)16-12/h5-10H2,1-4H3. The number of rotatable bonds is 7. The summed E-state index contributed by atoms with van der Waals surface area (Å²) in [6.45, 7) is 8.51. The van der Waals surface area contributed by atoms with Crippen molar-refractivity contribution >= 4 is 0 Å². The fraction of sp³-hybridized carbons (Fsp3) is 0.846. The predicted molar refractivity (Wildman–Crippen MR) is 65.4 cm³/mol. The fourth-order valence-corrected chi connectivity index (χ4v) is 1.92. The third kappa shape index (κ3) is 3.32. The van der Waals surface area contributed by atoms with Crippen LogP contribution in [0.1, 0.15) is 71.1 Å². The third-order valence-electron chi connectivity index (χ3n) is 3.40. The number of unbranched alkanes of at least 4 members (excludes halogenated alkanes) is 3. The highest BCUT2D eigenvalue weighted by Crippen LogP contribution is 2.32. The molecule has 0 spiro atoms. The minimum atomic E-state index is 0.0645. The van der Waals surface area contributed by atoms with Crippen molar-refractivity contribution < 1.29 is 4.42 Å². The Hall–Kier alpha value is -0.860. The maximum absolute atomic E-state index is 5.57. The molecule has 0 radical (unpaired) electrons. The second-order valence-corrected chi connectivity index (χ2v) is 4.85. The van der Waals surface area contributed by atoms with Crippen LogP contribution in [-0.2, 0) is 5.41 Å². The lowest BCUT2D eigenvalue weighted by Gasteiger charge is -2.23. The maximum Gasteiger partial charge on any atom is 0.222 e. The normalized spacial score (nSPS) is 15.0. The van der Waals surface area contributed by atoms with Gasteiger partial charge in [-0.05, 0) is 12.8 Å². The molecule has 3 heteroatoms. The van der Waals surface area contributed by atoms with E-state index in [0.717, 1.165) is 18.7 Å². The van der Waals surface area contributed by atoms with Gasteiger partial charge in [0.15, 0.2) is 0 Å². The van der Waals surface area contributed by atoms with Crippen LogP contribution in [-0.4, -0.2) is 10.2 Å². The molecule has 3 nitrogen and oxygen atoms in total. The molecule has 0 saturated heterocycles. The summed E-state index contributed by atoms with van der Waals surface area (Å²) in [5.41, 5.74) is 0.0645. The molecule has 0 bridgehead atoms. The van der Waals surface area contributed by atoms with Gasteiger partial charge < -0.3 is 4.42 Å². The summed E-state index contributed by atoms with van der Waals surface area (Å²) in [5, 5.41) is 8.10. The van der Waals surface area contributed by atoms with E-state index in [1.54, 1.807) is 0 Å². The van der Waals surface area contributed by atoms with Gasteiger partial charge in [-0.15, -0.1) is 10.2 Å². The molecular weight excluding hydrogens is 200 g/mol. The van der Waals surface area contributed by atoms with E-state index in [-0.39, 0.29) is 5.41 Å². The average Bonchev–Trinajstić information content (AvgIpc) is 2.71. The van der Waals surface area contributed by atoms with Crippen molar-refractivity contribution in [3.63, 3.8) is 0 Å². The average molecular weight is 224 g/mol. The molecule has 0 aliphatic carbocycles. The summed E-state index contributed by atoms with van der Waals surface area (Å²) in [6, 6.07) is 0. The van der Waals surface area contributed by atoms with Crippen LogP contribution in [0.25, 0.3) is 0 Å². The SMILES string of the molecule is CCCCCCC(C)(CC)c1nnc(C)o1. The summed E-state index contributed by atoms with van der Waals surface area (Å²) < 4.78 is 5.57. The molecule has 1 aromatic heterocycles. The van der Waals surface area contributed by atoms with E-state index in [1.165, 1.54) is 25.7 Å². The first-order chi connectivity index (χ1) is 7.62. The lowest BCUT2D eigenvalue weighted by atomic mass is 9.82. The Balaban J connectivity index is 2.56. The largest absolute Gasteiger partial charge is 0.425 e. The van der Waals surface area contributed by atoms with Crippen LogP contribution in [0.4, 0.5) is 0 Å². The third-order valence-corrected chi connectivity index (χ3v) is 3.40. The van der Waals surface area contributed by atoms with Gasteiger partial charge >= 0.3 is 0 Å². The molecule has 0 aromatic carbocycles. The van der Waals surface area contributed by atoms with E-state index in [4.69, 9.17) is 4.42 Å². The van der Waals surface area contributed by atoms with Gasteiger partial charge in [0.2, 0.25) is 11.8 Å². The second kappa shape index (κ2) is 6.02. The van der Waals surface area contributed by atoms with Gasteiger partial charge in [-0.1, -0.05) is 46.5 Å². The molecule has 0 N–H and O–H groups in total. The van der Waals surface area contributed by atoms with Gasteiger partial charge in [0.05, 0.1) is 0 Å². The molecule has 0 fully saturated rings. The number of nitrogens with zero attached hydrogens (tertiary/aromatic N) is 2. The molecule has 16 heavy (non-hydrogen) atoms. The van der Waals surface area contributed by atoms with Gasteiger partial charge in [0, 0.05) is 12.3 Å². The molecule has 1 atom stereocenters. The van der Waals surface area contributed by atoms with E-state index >= 15 is 0 Å². The monoisotopic (exact) mass is 224 g/mol. The van der Waals surface area contributed by atoms with Gasteiger partial charge in [0.25, 0.3) is 0 Å². The number of aromatic nitrogens is 2. The number of hydrogen-bond donors (Lipinski definition) is 0.